The third-order valence-electron chi connectivity index (χ3n) is 4.31. The van der Waals surface area contributed by atoms with E-state index in [1.807, 2.05) is 43.4 Å². The van der Waals surface area contributed by atoms with E-state index in [4.69, 9.17) is 16.3 Å². The SMILES string of the molecule is CNc1cc(N2CCOc3cnc(-c4cc(Cl)ccc4P)cc32)ccn1. The maximum absolute atomic E-state index is 6.18. The van der Waals surface area contributed by atoms with Crippen LogP contribution in [0.25, 0.3) is 11.3 Å². The minimum absolute atomic E-state index is 0.608. The Morgan fingerprint density at radius 2 is 2.08 bits per heavy atom. The summed E-state index contributed by atoms with van der Waals surface area (Å²) in [6, 6.07) is 11.8. The predicted octanol–water partition coefficient (Wildman–Crippen LogP) is 3.87. The zero-order valence-electron chi connectivity index (χ0n) is 14.2. The van der Waals surface area contributed by atoms with Gasteiger partial charge in [-0.05, 0) is 29.6 Å². The molecule has 3 heterocycles. The number of rotatable bonds is 3. The van der Waals surface area contributed by atoms with Crippen LogP contribution < -0.4 is 20.3 Å². The first-order valence-electron chi connectivity index (χ1n) is 8.25. The Kier molecular flexibility index (Phi) is 4.66. The number of fused-ring (bicyclic) bond motifs is 1. The number of benzene rings is 1. The summed E-state index contributed by atoms with van der Waals surface area (Å²) in [4.78, 5) is 11.1. The average molecular weight is 385 g/mol. The van der Waals surface area contributed by atoms with Crippen LogP contribution in [0, 0.1) is 0 Å². The molecule has 0 fully saturated rings. The molecule has 0 radical (unpaired) electrons. The molecule has 0 saturated heterocycles. The molecule has 0 spiro atoms. The first-order chi connectivity index (χ1) is 12.7. The number of halogens is 1. The molecule has 1 aliphatic rings. The molecule has 1 aromatic carbocycles. The molecule has 1 atom stereocenters. The van der Waals surface area contributed by atoms with E-state index in [2.05, 4.69) is 29.4 Å². The van der Waals surface area contributed by atoms with Crippen LogP contribution in [0.15, 0.2) is 48.8 Å². The fourth-order valence-electron chi connectivity index (χ4n) is 3.01. The number of hydrogen-bond donors (Lipinski definition) is 1. The van der Waals surface area contributed by atoms with Crippen molar-refractivity contribution >= 4 is 43.3 Å². The van der Waals surface area contributed by atoms with Crippen molar-refractivity contribution in [2.75, 3.05) is 30.4 Å². The van der Waals surface area contributed by atoms with Crippen LogP contribution in [-0.2, 0) is 0 Å². The Morgan fingerprint density at radius 3 is 2.92 bits per heavy atom. The van der Waals surface area contributed by atoms with Crippen LogP contribution in [0.1, 0.15) is 0 Å². The molecule has 0 aliphatic carbocycles. The van der Waals surface area contributed by atoms with E-state index in [-0.39, 0.29) is 0 Å². The largest absolute Gasteiger partial charge is 0.488 e. The summed E-state index contributed by atoms with van der Waals surface area (Å²) in [6.07, 6.45) is 3.58. The molecule has 26 heavy (non-hydrogen) atoms. The van der Waals surface area contributed by atoms with Crippen molar-refractivity contribution in [2.24, 2.45) is 0 Å². The van der Waals surface area contributed by atoms with Gasteiger partial charge in [0.05, 0.1) is 24.1 Å². The monoisotopic (exact) mass is 384 g/mol. The van der Waals surface area contributed by atoms with Crippen LogP contribution in [0.5, 0.6) is 5.75 Å². The van der Waals surface area contributed by atoms with Crippen LogP contribution in [0.4, 0.5) is 17.2 Å². The number of nitrogens with one attached hydrogen (secondary N) is 1. The van der Waals surface area contributed by atoms with Gasteiger partial charge in [0.15, 0.2) is 5.75 Å². The summed E-state index contributed by atoms with van der Waals surface area (Å²) < 4.78 is 5.81. The third kappa shape index (κ3) is 3.20. The van der Waals surface area contributed by atoms with Gasteiger partial charge >= 0.3 is 0 Å². The van der Waals surface area contributed by atoms with E-state index >= 15 is 0 Å². The first kappa shape index (κ1) is 17.1. The van der Waals surface area contributed by atoms with Crippen LogP contribution >= 0.6 is 20.8 Å². The van der Waals surface area contributed by atoms with Crippen molar-refractivity contribution < 1.29 is 4.74 Å². The highest BCUT2D eigenvalue weighted by atomic mass is 35.5. The lowest BCUT2D eigenvalue weighted by atomic mass is 10.1. The third-order valence-corrected chi connectivity index (χ3v) is 5.05. The molecule has 0 saturated carbocycles. The number of nitrogens with zero attached hydrogens (tertiary/aromatic N) is 3. The summed E-state index contributed by atoms with van der Waals surface area (Å²) in [5.41, 5.74) is 3.89. The lowest BCUT2D eigenvalue weighted by molar-refractivity contribution is 0.313. The molecular formula is C19H18ClN4OP. The molecule has 1 unspecified atom stereocenters. The van der Waals surface area contributed by atoms with Crippen LogP contribution in [-0.4, -0.2) is 30.2 Å². The van der Waals surface area contributed by atoms with E-state index in [0.717, 1.165) is 46.0 Å². The van der Waals surface area contributed by atoms with Gasteiger partial charge in [0.2, 0.25) is 0 Å². The van der Waals surface area contributed by atoms with E-state index in [1.54, 1.807) is 12.4 Å². The van der Waals surface area contributed by atoms with Crippen molar-refractivity contribution in [1.29, 1.82) is 0 Å². The first-order valence-corrected chi connectivity index (χ1v) is 9.21. The second kappa shape index (κ2) is 7.10. The molecule has 3 aromatic rings. The minimum atomic E-state index is 0.608. The summed E-state index contributed by atoms with van der Waals surface area (Å²) >= 11 is 6.18. The Labute approximate surface area is 159 Å². The number of pyridine rings is 2. The van der Waals surface area contributed by atoms with Gasteiger partial charge in [-0.15, -0.1) is 9.24 Å². The van der Waals surface area contributed by atoms with Gasteiger partial charge in [-0.3, -0.25) is 4.98 Å². The predicted molar refractivity (Wildman–Crippen MR) is 110 cm³/mol. The average Bonchev–Trinajstić information content (AvgIpc) is 2.69. The maximum Gasteiger partial charge on any atom is 0.161 e. The topological polar surface area (TPSA) is 50.3 Å². The number of hydrogen-bond acceptors (Lipinski definition) is 5. The molecule has 2 aromatic heterocycles. The van der Waals surface area contributed by atoms with Gasteiger partial charge in [-0.2, -0.15) is 0 Å². The highest BCUT2D eigenvalue weighted by Gasteiger charge is 2.22. The number of anilines is 3. The van der Waals surface area contributed by atoms with Crippen molar-refractivity contribution in [1.82, 2.24) is 9.97 Å². The Balaban J connectivity index is 1.81. The maximum atomic E-state index is 6.18. The van der Waals surface area contributed by atoms with Gasteiger partial charge < -0.3 is 15.0 Å². The van der Waals surface area contributed by atoms with E-state index in [1.165, 1.54) is 0 Å². The van der Waals surface area contributed by atoms with Gasteiger partial charge in [0, 0.05) is 35.6 Å². The Bertz CT molecular complexity index is 966. The molecule has 1 N–H and O–H groups in total. The smallest absolute Gasteiger partial charge is 0.161 e. The minimum Gasteiger partial charge on any atom is -0.488 e. The number of ether oxygens (including phenoxy) is 1. The zero-order valence-corrected chi connectivity index (χ0v) is 16.1. The number of aromatic nitrogens is 2. The lowest BCUT2D eigenvalue weighted by Gasteiger charge is -2.31. The van der Waals surface area contributed by atoms with Crippen molar-refractivity contribution in [3.8, 4) is 17.0 Å². The van der Waals surface area contributed by atoms with E-state index < -0.39 is 0 Å². The highest BCUT2D eigenvalue weighted by Crippen LogP contribution is 2.38. The van der Waals surface area contributed by atoms with E-state index in [0.29, 0.717) is 11.6 Å². The van der Waals surface area contributed by atoms with Crippen LogP contribution in [0.2, 0.25) is 5.02 Å². The second-order valence-corrected chi connectivity index (χ2v) is 6.98. The van der Waals surface area contributed by atoms with Gasteiger partial charge in [0.25, 0.3) is 0 Å². The fourth-order valence-corrected chi connectivity index (χ4v) is 3.51. The van der Waals surface area contributed by atoms with E-state index in [9.17, 15) is 0 Å². The summed E-state index contributed by atoms with van der Waals surface area (Å²) in [5, 5.41) is 4.82. The van der Waals surface area contributed by atoms with Crippen LogP contribution in [0.3, 0.4) is 0 Å². The summed E-state index contributed by atoms with van der Waals surface area (Å²) in [5.74, 6) is 1.60. The lowest BCUT2D eigenvalue weighted by Crippen LogP contribution is -2.28. The summed E-state index contributed by atoms with van der Waals surface area (Å²) in [7, 11) is 4.60. The van der Waals surface area contributed by atoms with Crippen molar-refractivity contribution in [3.05, 3.63) is 53.8 Å². The Morgan fingerprint density at radius 1 is 1.19 bits per heavy atom. The normalized spacial score (nSPS) is 13.1. The quantitative estimate of drug-likeness (QED) is 0.695. The summed E-state index contributed by atoms with van der Waals surface area (Å²) in [6.45, 7) is 1.37. The standard InChI is InChI=1S/C19H18ClN4OP/c1-21-19-9-13(4-5-22-19)24-6-7-25-17-11-23-15(10-16(17)24)14-8-12(20)2-3-18(14)26/h2-5,8-11H,6-7,26H2,1H3,(H,21,22). The molecule has 4 rings (SSSR count). The van der Waals surface area contributed by atoms with Crippen molar-refractivity contribution in [2.45, 2.75) is 0 Å². The second-order valence-electron chi connectivity index (χ2n) is 5.92. The molecule has 5 nitrogen and oxygen atoms in total. The molecule has 132 valence electrons. The zero-order chi connectivity index (χ0) is 18.1. The van der Waals surface area contributed by atoms with Gasteiger partial charge in [-0.25, -0.2) is 4.98 Å². The molecular weight excluding hydrogens is 367 g/mol. The Hall–Kier alpha value is -2.36. The van der Waals surface area contributed by atoms with Crippen molar-refractivity contribution in [3.63, 3.8) is 0 Å². The molecule has 0 bridgehead atoms. The molecule has 7 heteroatoms. The van der Waals surface area contributed by atoms with Gasteiger partial charge in [-0.1, -0.05) is 17.7 Å². The highest BCUT2D eigenvalue weighted by molar-refractivity contribution is 7.28. The fraction of sp³-hybridized carbons (Fsp3) is 0.158. The molecule has 0 amide bonds. The van der Waals surface area contributed by atoms with Gasteiger partial charge in [0.1, 0.15) is 12.4 Å². The molecule has 1 aliphatic heterocycles.